The average Bonchev–Trinajstić information content (AvgIpc) is 3.42. The lowest BCUT2D eigenvalue weighted by molar-refractivity contribution is -0.118. The minimum atomic E-state index is -0.512. The van der Waals surface area contributed by atoms with Crippen LogP contribution >= 0.6 is 0 Å². The van der Waals surface area contributed by atoms with Gasteiger partial charge in [-0.3, -0.25) is 9.48 Å². The van der Waals surface area contributed by atoms with Crippen LogP contribution in [0.5, 0.6) is 0 Å². The Bertz CT molecular complexity index is 1400. The third kappa shape index (κ3) is 4.12. The number of nitrogens with zero attached hydrogens (tertiary/aromatic N) is 5. The highest BCUT2D eigenvalue weighted by atomic mass is 19.1. The fraction of sp³-hybridized carbons (Fsp3) is 0.200. The van der Waals surface area contributed by atoms with Crippen molar-refractivity contribution >= 4 is 23.4 Å². The van der Waals surface area contributed by atoms with E-state index in [1.807, 2.05) is 6.07 Å². The molecule has 0 spiro atoms. The van der Waals surface area contributed by atoms with Gasteiger partial charge in [-0.05, 0) is 54.3 Å². The Balaban J connectivity index is 1.40. The molecule has 1 aliphatic heterocycles. The van der Waals surface area contributed by atoms with E-state index >= 15 is 4.39 Å². The van der Waals surface area contributed by atoms with E-state index in [4.69, 9.17) is 0 Å². The number of nitrogens with one attached hydrogen (secondary N) is 1. The zero-order chi connectivity index (χ0) is 23.8. The Labute approximate surface area is 195 Å². The number of fused-ring (bicyclic) bond motifs is 1. The summed E-state index contributed by atoms with van der Waals surface area (Å²) in [5.41, 5.74) is 3.19. The summed E-state index contributed by atoms with van der Waals surface area (Å²) in [5, 5.41) is 7.18. The predicted molar refractivity (Wildman–Crippen MR) is 125 cm³/mol. The minimum Gasteiger partial charge on any atom is -0.309 e. The standard InChI is InChI=1S/C25H22F2N6O/c1-15-3-4-16(19(26)11-15)14-23(34)33-10-7-17-12-18(13-20(27)24(17)33)21-5-8-28-25(30-21)31-22-6-9-29-32(22)2/h3-6,8-9,11-13H,7,10,14H2,1-2H3,(H,28,30,31). The first-order valence-electron chi connectivity index (χ1n) is 10.9. The zero-order valence-corrected chi connectivity index (χ0v) is 18.7. The summed E-state index contributed by atoms with van der Waals surface area (Å²) in [4.78, 5) is 23.0. The van der Waals surface area contributed by atoms with Gasteiger partial charge in [0.15, 0.2) is 0 Å². The molecule has 34 heavy (non-hydrogen) atoms. The first-order chi connectivity index (χ1) is 16.4. The maximum Gasteiger partial charge on any atom is 0.231 e. The molecule has 4 aromatic rings. The van der Waals surface area contributed by atoms with Gasteiger partial charge in [0.05, 0.1) is 24.0 Å². The van der Waals surface area contributed by atoms with Gasteiger partial charge in [-0.25, -0.2) is 18.7 Å². The molecule has 0 atom stereocenters. The van der Waals surface area contributed by atoms with Crippen molar-refractivity contribution in [1.29, 1.82) is 0 Å². The van der Waals surface area contributed by atoms with Crippen LogP contribution in [0.3, 0.4) is 0 Å². The van der Waals surface area contributed by atoms with Crippen LogP contribution < -0.4 is 10.2 Å². The molecular weight excluding hydrogens is 438 g/mol. The number of halogens is 2. The Morgan fingerprint density at radius 1 is 1.09 bits per heavy atom. The second kappa shape index (κ2) is 8.66. The minimum absolute atomic E-state index is 0.123. The number of anilines is 3. The maximum absolute atomic E-state index is 15.2. The summed E-state index contributed by atoms with van der Waals surface area (Å²) in [6, 6.07) is 11.5. The van der Waals surface area contributed by atoms with Crippen LogP contribution in [0.1, 0.15) is 16.7 Å². The van der Waals surface area contributed by atoms with Crippen molar-refractivity contribution in [3.8, 4) is 11.3 Å². The summed E-state index contributed by atoms with van der Waals surface area (Å²) in [6.45, 7) is 2.13. The van der Waals surface area contributed by atoms with Gasteiger partial charge in [0.1, 0.15) is 17.5 Å². The molecule has 9 heteroatoms. The van der Waals surface area contributed by atoms with Gasteiger partial charge in [-0.2, -0.15) is 5.10 Å². The molecule has 0 unspecified atom stereocenters. The molecule has 0 saturated carbocycles. The number of carbonyl (C=O) groups excluding carboxylic acids is 1. The molecule has 0 bridgehead atoms. The highest BCUT2D eigenvalue weighted by molar-refractivity contribution is 5.97. The molecule has 5 rings (SSSR count). The molecule has 172 valence electrons. The fourth-order valence-electron chi connectivity index (χ4n) is 4.14. The van der Waals surface area contributed by atoms with Gasteiger partial charge in [-0.15, -0.1) is 0 Å². The van der Waals surface area contributed by atoms with Gasteiger partial charge in [-0.1, -0.05) is 12.1 Å². The number of rotatable bonds is 5. The molecule has 2 aromatic heterocycles. The number of carbonyl (C=O) groups is 1. The van der Waals surface area contributed by atoms with Crippen molar-refractivity contribution in [1.82, 2.24) is 19.7 Å². The third-order valence-corrected chi connectivity index (χ3v) is 5.88. The van der Waals surface area contributed by atoms with Gasteiger partial charge in [0, 0.05) is 31.4 Å². The maximum atomic E-state index is 15.2. The van der Waals surface area contributed by atoms with Crippen molar-refractivity contribution in [2.24, 2.45) is 7.05 Å². The van der Waals surface area contributed by atoms with E-state index in [0.717, 1.165) is 11.4 Å². The lowest BCUT2D eigenvalue weighted by atomic mass is 10.0. The number of benzene rings is 2. The largest absolute Gasteiger partial charge is 0.309 e. The van der Waals surface area contributed by atoms with E-state index in [2.05, 4.69) is 20.4 Å². The van der Waals surface area contributed by atoms with E-state index in [0.29, 0.717) is 41.3 Å². The van der Waals surface area contributed by atoms with Gasteiger partial charge in [0.25, 0.3) is 0 Å². The van der Waals surface area contributed by atoms with Crippen LogP contribution in [0, 0.1) is 18.6 Å². The Morgan fingerprint density at radius 2 is 1.94 bits per heavy atom. The molecule has 1 aliphatic rings. The molecule has 0 radical (unpaired) electrons. The van der Waals surface area contributed by atoms with Crippen LogP contribution in [-0.4, -0.2) is 32.2 Å². The van der Waals surface area contributed by atoms with E-state index in [1.54, 1.807) is 55.3 Å². The Morgan fingerprint density at radius 3 is 2.71 bits per heavy atom. The molecule has 2 aromatic carbocycles. The van der Waals surface area contributed by atoms with E-state index < -0.39 is 11.6 Å². The van der Waals surface area contributed by atoms with Crippen LogP contribution in [0.25, 0.3) is 11.3 Å². The van der Waals surface area contributed by atoms with Crippen LogP contribution in [-0.2, 0) is 24.7 Å². The highest BCUT2D eigenvalue weighted by Gasteiger charge is 2.29. The second-order valence-corrected chi connectivity index (χ2v) is 8.26. The summed E-state index contributed by atoms with van der Waals surface area (Å²) < 4.78 is 31.1. The summed E-state index contributed by atoms with van der Waals surface area (Å²) in [5.74, 6) is -0.196. The average molecular weight is 460 g/mol. The van der Waals surface area contributed by atoms with Crippen LogP contribution in [0.15, 0.2) is 54.9 Å². The fourth-order valence-corrected chi connectivity index (χ4v) is 4.14. The number of hydrogen-bond donors (Lipinski definition) is 1. The third-order valence-electron chi connectivity index (χ3n) is 5.88. The quantitative estimate of drug-likeness (QED) is 0.480. The van der Waals surface area contributed by atoms with E-state index in [1.165, 1.54) is 17.0 Å². The van der Waals surface area contributed by atoms with Crippen molar-refractivity contribution in [2.75, 3.05) is 16.8 Å². The monoisotopic (exact) mass is 460 g/mol. The van der Waals surface area contributed by atoms with Gasteiger partial charge in [0.2, 0.25) is 11.9 Å². The van der Waals surface area contributed by atoms with Crippen LogP contribution in [0.2, 0.25) is 0 Å². The molecule has 1 amide bonds. The van der Waals surface area contributed by atoms with E-state index in [-0.39, 0.29) is 18.0 Å². The molecule has 7 nitrogen and oxygen atoms in total. The van der Waals surface area contributed by atoms with Crippen molar-refractivity contribution in [2.45, 2.75) is 19.8 Å². The van der Waals surface area contributed by atoms with Crippen molar-refractivity contribution < 1.29 is 13.6 Å². The van der Waals surface area contributed by atoms with Crippen LogP contribution in [0.4, 0.5) is 26.2 Å². The van der Waals surface area contributed by atoms with Gasteiger partial charge >= 0.3 is 0 Å². The highest BCUT2D eigenvalue weighted by Crippen LogP contribution is 2.35. The molecule has 3 heterocycles. The Hall–Kier alpha value is -4.14. The first-order valence-corrected chi connectivity index (χ1v) is 10.9. The van der Waals surface area contributed by atoms with Crippen molar-refractivity contribution in [3.05, 3.63) is 83.2 Å². The summed E-state index contributed by atoms with van der Waals surface area (Å²) in [6.07, 6.45) is 3.63. The SMILES string of the molecule is Cc1ccc(CC(=O)N2CCc3cc(-c4ccnc(Nc5ccnn5C)n4)cc(F)c32)c(F)c1. The number of amides is 1. The number of aryl methyl sites for hydroxylation is 2. The second-order valence-electron chi connectivity index (χ2n) is 8.26. The lowest BCUT2D eigenvalue weighted by Gasteiger charge is -2.19. The molecule has 0 saturated heterocycles. The lowest BCUT2D eigenvalue weighted by Crippen LogP contribution is -2.31. The predicted octanol–water partition coefficient (Wildman–Crippen LogP) is 4.34. The smallest absolute Gasteiger partial charge is 0.231 e. The summed E-state index contributed by atoms with van der Waals surface area (Å²) >= 11 is 0. The molecule has 1 N–H and O–H groups in total. The Kier molecular flexibility index (Phi) is 5.53. The van der Waals surface area contributed by atoms with Gasteiger partial charge < -0.3 is 10.2 Å². The molecular formula is C25H22F2N6O. The topological polar surface area (TPSA) is 75.9 Å². The summed E-state index contributed by atoms with van der Waals surface area (Å²) in [7, 11) is 1.79. The normalized spacial score (nSPS) is 12.6. The van der Waals surface area contributed by atoms with E-state index in [9.17, 15) is 9.18 Å². The number of hydrogen-bond acceptors (Lipinski definition) is 5. The number of aromatic nitrogens is 4. The zero-order valence-electron chi connectivity index (χ0n) is 18.7. The molecule has 0 aliphatic carbocycles. The van der Waals surface area contributed by atoms with Crippen molar-refractivity contribution in [3.63, 3.8) is 0 Å². The first kappa shape index (κ1) is 21.7. The molecule has 0 fully saturated rings.